The summed E-state index contributed by atoms with van der Waals surface area (Å²) in [6, 6.07) is 11.0. The van der Waals surface area contributed by atoms with Crippen LogP contribution in [0.2, 0.25) is 0 Å². The molecule has 2 rings (SSSR count). The van der Waals surface area contributed by atoms with Crippen LogP contribution < -0.4 is 10.6 Å². The number of aryl methyl sites for hydroxylation is 2. The molecule has 21 heavy (non-hydrogen) atoms. The first-order valence-corrected chi connectivity index (χ1v) is 7.43. The number of benzene rings is 1. The third-order valence-electron chi connectivity index (χ3n) is 3.53. The number of rotatable bonds is 5. The SMILES string of the molecule is Cc1cccc(CN(C)c2ncc(CC(C)N)cc2C)c1. The lowest BCUT2D eigenvalue weighted by Crippen LogP contribution is -2.20. The fourth-order valence-electron chi connectivity index (χ4n) is 2.67. The second-order valence-electron chi connectivity index (χ2n) is 6.01. The van der Waals surface area contributed by atoms with Crippen molar-refractivity contribution in [3.63, 3.8) is 0 Å². The molecule has 3 nitrogen and oxygen atoms in total. The van der Waals surface area contributed by atoms with Crippen molar-refractivity contribution in [3.05, 3.63) is 58.8 Å². The molecule has 0 fully saturated rings. The maximum absolute atomic E-state index is 5.85. The van der Waals surface area contributed by atoms with Crippen molar-refractivity contribution in [1.29, 1.82) is 0 Å². The van der Waals surface area contributed by atoms with E-state index in [1.807, 2.05) is 13.1 Å². The summed E-state index contributed by atoms with van der Waals surface area (Å²) in [7, 11) is 2.09. The Morgan fingerprint density at radius 1 is 1.19 bits per heavy atom. The summed E-state index contributed by atoms with van der Waals surface area (Å²) in [4.78, 5) is 6.81. The molecular weight excluding hydrogens is 258 g/mol. The maximum atomic E-state index is 5.85. The Kier molecular flexibility index (Phi) is 4.97. The van der Waals surface area contributed by atoms with Gasteiger partial charge in [0.25, 0.3) is 0 Å². The van der Waals surface area contributed by atoms with E-state index in [0.717, 1.165) is 18.8 Å². The van der Waals surface area contributed by atoms with Gasteiger partial charge in [-0.3, -0.25) is 0 Å². The minimum absolute atomic E-state index is 0.169. The molecule has 0 bridgehead atoms. The van der Waals surface area contributed by atoms with E-state index >= 15 is 0 Å². The molecule has 2 N–H and O–H groups in total. The quantitative estimate of drug-likeness (QED) is 0.916. The van der Waals surface area contributed by atoms with Gasteiger partial charge >= 0.3 is 0 Å². The molecule has 0 spiro atoms. The smallest absolute Gasteiger partial charge is 0.131 e. The largest absolute Gasteiger partial charge is 0.355 e. The van der Waals surface area contributed by atoms with E-state index in [4.69, 9.17) is 5.73 Å². The lowest BCUT2D eigenvalue weighted by atomic mass is 10.1. The summed E-state index contributed by atoms with van der Waals surface area (Å²) in [6.45, 7) is 7.12. The molecule has 0 aliphatic carbocycles. The molecule has 112 valence electrons. The number of nitrogens with two attached hydrogens (primary N) is 1. The minimum atomic E-state index is 0.169. The fraction of sp³-hybridized carbons (Fsp3) is 0.389. The fourth-order valence-corrected chi connectivity index (χ4v) is 2.67. The van der Waals surface area contributed by atoms with Crippen LogP contribution in [0.1, 0.15) is 29.2 Å². The summed E-state index contributed by atoms with van der Waals surface area (Å²) in [5.41, 5.74) is 10.8. The van der Waals surface area contributed by atoms with E-state index in [1.165, 1.54) is 22.3 Å². The zero-order valence-corrected chi connectivity index (χ0v) is 13.4. The van der Waals surface area contributed by atoms with Crippen LogP contribution in [0.5, 0.6) is 0 Å². The molecule has 1 heterocycles. The average Bonchev–Trinajstić information content (AvgIpc) is 2.37. The van der Waals surface area contributed by atoms with Gasteiger partial charge in [-0.25, -0.2) is 4.98 Å². The van der Waals surface area contributed by atoms with Gasteiger partial charge in [0.2, 0.25) is 0 Å². The number of hydrogen-bond donors (Lipinski definition) is 1. The normalized spacial score (nSPS) is 12.2. The number of aromatic nitrogens is 1. The van der Waals surface area contributed by atoms with Crippen molar-refractivity contribution >= 4 is 5.82 Å². The van der Waals surface area contributed by atoms with Gasteiger partial charge in [-0.1, -0.05) is 35.9 Å². The van der Waals surface area contributed by atoms with Gasteiger partial charge in [-0.2, -0.15) is 0 Å². The Morgan fingerprint density at radius 3 is 2.57 bits per heavy atom. The molecule has 1 atom stereocenters. The molecule has 0 aliphatic rings. The van der Waals surface area contributed by atoms with E-state index < -0.39 is 0 Å². The molecule has 0 aliphatic heterocycles. The van der Waals surface area contributed by atoms with E-state index in [9.17, 15) is 0 Å². The Balaban J connectivity index is 2.13. The lowest BCUT2D eigenvalue weighted by molar-refractivity contribution is 0.734. The van der Waals surface area contributed by atoms with Crippen LogP contribution in [0.15, 0.2) is 36.5 Å². The van der Waals surface area contributed by atoms with Crippen molar-refractivity contribution in [1.82, 2.24) is 4.98 Å². The van der Waals surface area contributed by atoms with Gasteiger partial charge in [0, 0.05) is 25.8 Å². The van der Waals surface area contributed by atoms with Crippen molar-refractivity contribution in [2.24, 2.45) is 5.73 Å². The van der Waals surface area contributed by atoms with E-state index in [-0.39, 0.29) is 6.04 Å². The highest BCUT2D eigenvalue weighted by atomic mass is 15.2. The van der Waals surface area contributed by atoms with Crippen molar-refractivity contribution in [3.8, 4) is 0 Å². The number of anilines is 1. The summed E-state index contributed by atoms with van der Waals surface area (Å²) in [5, 5.41) is 0. The third-order valence-corrected chi connectivity index (χ3v) is 3.53. The highest BCUT2D eigenvalue weighted by Crippen LogP contribution is 2.19. The molecule has 0 amide bonds. The second kappa shape index (κ2) is 6.72. The Labute approximate surface area is 127 Å². The van der Waals surface area contributed by atoms with Crippen molar-refractivity contribution in [2.75, 3.05) is 11.9 Å². The molecule has 2 aromatic rings. The molecule has 1 unspecified atom stereocenters. The Morgan fingerprint density at radius 2 is 1.95 bits per heavy atom. The van der Waals surface area contributed by atoms with Gasteiger partial charge in [0.1, 0.15) is 5.82 Å². The molecule has 0 radical (unpaired) electrons. The average molecular weight is 283 g/mol. The Bertz CT molecular complexity index is 605. The molecule has 1 aromatic carbocycles. The van der Waals surface area contributed by atoms with Crippen LogP contribution in [-0.4, -0.2) is 18.1 Å². The summed E-state index contributed by atoms with van der Waals surface area (Å²) in [5.74, 6) is 1.03. The van der Waals surface area contributed by atoms with Crippen LogP contribution in [0.3, 0.4) is 0 Å². The highest BCUT2D eigenvalue weighted by Gasteiger charge is 2.09. The number of pyridine rings is 1. The summed E-state index contributed by atoms with van der Waals surface area (Å²) < 4.78 is 0. The van der Waals surface area contributed by atoms with Crippen molar-refractivity contribution in [2.45, 2.75) is 39.8 Å². The second-order valence-corrected chi connectivity index (χ2v) is 6.01. The predicted molar refractivity (Wildman–Crippen MR) is 89.6 cm³/mol. The van der Waals surface area contributed by atoms with E-state index in [0.29, 0.717) is 0 Å². The van der Waals surface area contributed by atoms with Crippen molar-refractivity contribution < 1.29 is 0 Å². The monoisotopic (exact) mass is 283 g/mol. The number of hydrogen-bond acceptors (Lipinski definition) is 3. The van der Waals surface area contributed by atoms with Gasteiger partial charge in [-0.15, -0.1) is 0 Å². The lowest BCUT2D eigenvalue weighted by Gasteiger charge is -2.21. The van der Waals surface area contributed by atoms with Crippen LogP contribution in [0, 0.1) is 13.8 Å². The van der Waals surface area contributed by atoms with Gasteiger partial charge in [0.15, 0.2) is 0 Å². The molecule has 3 heteroatoms. The summed E-state index contributed by atoms with van der Waals surface area (Å²) >= 11 is 0. The molecule has 1 aromatic heterocycles. The molecular formula is C18H25N3. The first-order valence-electron chi connectivity index (χ1n) is 7.43. The topological polar surface area (TPSA) is 42.2 Å². The zero-order valence-electron chi connectivity index (χ0n) is 13.4. The maximum Gasteiger partial charge on any atom is 0.131 e. The molecule has 0 saturated heterocycles. The van der Waals surface area contributed by atoms with Gasteiger partial charge in [0.05, 0.1) is 0 Å². The van der Waals surface area contributed by atoms with Crippen LogP contribution in [-0.2, 0) is 13.0 Å². The summed E-state index contributed by atoms with van der Waals surface area (Å²) in [6.07, 6.45) is 2.81. The van der Waals surface area contributed by atoms with Crippen LogP contribution in [0.25, 0.3) is 0 Å². The highest BCUT2D eigenvalue weighted by molar-refractivity contribution is 5.47. The number of nitrogens with zero attached hydrogens (tertiary/aromatic N) is 2. The standard InChI is InChI=1S/C18H25N3/c1-13-6-5-7-16(8-13)12-21(4)18-14(2)9-17(11-20-18)10-15(3)19/h5-9,11,15H,10,12,19H2,1-4H3. The minimum Gasteiger partial charge on any atom is -0.355 e. The van der Waals surface area contributed by atoms with Gasteiger partial charge < -0.3 is 10.6 Å². The predicted octanol–water partition coefficient (Wildman–Crippen LogP) is 3.22. The molecule has 0 saturated carbocycles. The van der Waals surface area contributed by atoms with E-state index in [2.05, 4.69) is 61.1 Å². The first kappa shape index (κ1) is 15.5. The van der Waals surface area contributed by atoms with Gasteiger partial charge in [-0.05, 0) is 43.9 Å². The Hall–Kier alpha value is -1.87. The third kappa shape index (κ3) is 4.30. The van der Waals surface area contributed by atoms with E-state index in [1.54, 1.807) is 0 Å². The van der Waals surface area contributed by atoms with Crippen LogP contribution >= 0.6 is 0 Å². The zero-order chi connectivity index (χ0) is 15.4. The van der Waals surface area contributed by atoms with Crippen LogP contribution in [0.4, 0.5) is 5.82 Å². The first-order chi connectivity index (χ1) is 9.95.